The number of carbonyl (C=O) groups is 2. The molecule has 0 aliphatic carbocycles. The molecule has 5 rings (SSSR count). The molecule has 2 aliphatic heterocycles. The second-order valence-electron chi connectivity index (χ2n) is 14.3. The molecule has 0 atom stereocenters. The molecule has 47 heavy (non-hydrogen) atoms. The Kier molecular flexibility index (Phi) is 10.2. The number of sulfone groups is 1. The van der Waals surface area contributed by atoms with Crippen LogP contribution in [0.25, 0.3) is 22.3 Å². The summed E-state index contributed by atoms with van der Waals surface area (Å²) < 4.78 is 37.8. The van der Waals surface area contributed by atoms with Crippen LogP contribution in [0.5, 0.6) is 0 Å². The predicted molar refractivity (Wildman–Crippen MR) is 186 cm³/mol. The van der Waals surface area contributed by atoms with Crippen molar-refractivity contribution < 1.29 is 27.5 Å². The van der Waals surface area contributed by atoms with E-state index in [1.807, 2.05) is 60.6 Å². The van der Waals surface area contributed by atoms with Crippen LogP contribution >= 0.6 is 0 Å². The molecule has 0 unspecified atom stereocenters. The van der Waals surface area contributed by atoms with Gasteiger partial charge in [0.1, 0.15) is 30.1 Å². The van der Waals surface area contributed by atoms with Crippen molar-refractivity contribution in [3.05, 3.63) is 36.7 Å². The van der Waals surface area contributed by atoms with Gasteiger partial charge in [-0.15, -0.1) is 0 Å². The van der Waals surface area contributed by atoms with E-state index in [9.17, 15) is 18.0 Å². The number of ether oxygens (including phenoxy) is 2. The van der Waals surface area contributed by atoms with Crippen LogP contribution in [-0.4, -0.2) is 116 Å². The highest BCUT2D eigenvalue weighted by atomic mass is 32.2. The first-order valence-electron chi connectivity index (χ1n) is 16.1. The van der Waals surface area contributed by atoms with Crippen LogP contribution in [0.3, 0.4) is 0 Å². The minimum absolute atomic E-state index is 0.0957. The van der Waals surface area contributed by atoms with Crippen LogP contribution in [0.4, 0.5) is 21.1 Å². The average molecular weight is 686 g/mol. The van der Waals surface area contributed by atoms with E-state index in [4.69, 9.17) is 9.47 Å². The third-order valence-corrected chi connectivity index (χ3v) is 11.5. The number of anilines is 2. The number of nitrogens with zero attached hydrogens (tertiary/aromatic N) is 6. The second-order valence-corrected chi connectivity index (χ2v) is 22.3. The molecular formula is C32H47N7O6SSi. The Morgan fingerprint density at radius 3 is 2.19 bits per heavy atom. The van der Waals surface area contributed by atoms with Gasteiger partial charge >= 0.3 is 12.1 Å². The van der Waals surface area contributed by atoms with Gasteiger partial charge in [0.2, 0.25) is 0 Å². The molecule has 2 aliphatic rings. The minimum Gasteiger partial charge on any atom is -0.444 e. The number of rotatable bonds is 8. The van der Waals surface area contributed by atoms with E-state index in [-0.39, 0.29) is 23.6 Å². The van der Waals surface area contributed by atoms with E-state index < -0.39 is 23.5 Å². The second kappa shape index (κ2) is 13.8. The van der Waals surface area contributed by atoms with Gasteiger partial charge in [0.25, 0.3) is 0 Å². The van der Waals surface area contributed by atoms with Gasteiger partial charge in [-0.3, -0.25) is 0 Å². The molecule has 1 aromatic carbocycles. The van der Waals surface area contributed by atoms with Crippen LogP contribution in [-0.2, 0) is 26.0 Å². The summed E-state index contributed by atoms with van der Waals surface area (Å²) in [5.41, 5.74) is 2.59. The van der Waals surface area contributed by atoms with Gasteiger partial charge in [-0.1, -0.05) is 31.8 Å². The summed E-state index contributed by atoms with van der Waals surface area (Å²) in [5, 5.41) is 3.81. The van der Waals surface area contributed by atoms with Gasteiger partial charge in [-0.05, 0) is 50.6 Å². The number of benzene rings is 1. The zero-order valence-electron chi connectivity index (χ0n) is 28.3. The summed E-state index contributed by atoms with van der Waals surface area (Å²) in [4.78, 5) is 40.0. The topological polar surface area (TPSA) is 139 Å². The van der Waals surface area contributed by atoms with E-state index in [2.05, 4.69) is 34.9 Å². The predicted octanol–water partition coefficient (Wildman–Crippen LogP) is 4.73. The Bertz CT molecular complexity index is 1680. The van der Waals surface area contributed by atoms with E-state index in [1.165, 1.54) is 6.33 Å². The number of carbonyl (C=O) groups excluding carboxylic acids is 2. The van der Waals surface area contributed by atoms with Crippen molar-refractivity contribution in [2.24, 2.45) is 0 Å². The smallest absolute Gasteiger partial charge is 0.410 e. The summed E-state index contributed by atoms with van der Waals surface area (Å²) in [6.07, 6.45) is 1.16. The van der Waals surface area contributed by atoms with E-state index in [0.29, 0.717) is 69.8 Å². The summed E-state index contributed by atoms with van der Waals surface area (Å²) in [5.74, 6) is 0.902. The molecule has 15 heteroatoms. The van der Waals surface area contributed by atoms with E-state index in [1.54, 1.807) is 9.80 Å². The molecule has 13 nitrogen and oxygen atoms in total. The Labute approximate surface area is 278 Å². The number of hydrogen-bond donors (Lipinski definition) is 1. The van der Waals surface area contributed by atoms with Gasteiger partial charge in [-0.2, -0.15) is 0 Å². The van der Waals surface area contributed by atoms with Gasteiger partial charge in [0, 0.05) is 59.6 Å². The maximum atomic E-state index is 13.0. The Hall–Kier alpha value is -3.69. The summed E-state index contributed by atoms with van der Waals surface area (Å²) in [7, 11) is -4.32. The molecule has 1 N–H and O–H groups in total. The standard InChI is InChI=1S/C32H47N7O6SSi/c1-32(2,3)45-31(41)38-13-11-37(12-14-38)30(40)35-25-9-7-24(8-10-25)27-21-26-28(36-15-18-46(42,43)19-16-36)33-22-34-29(26)39(27)23-44-17-20-47(4,5)6/h7-10,21-22H,11-20,23H2,1-6H3,(H,35,40). The fourth-order valence-corrected chi connectivity index (χ4v) is 7.43. The summed E-state index contributed by atoms with van der Waals surface area (Å²) in [6, 6.07) is 10.5. The van der Waals surface area contributed by atoms with Crippen LogP contribution in [0, 0.1) is 0 Å². The highest BCUT2D eigenvalue weighted by molar-refractivity contribution is 7.91. The lowest BCUT2D eigenvalue weighted by Gasteiger charge is -2.35. The quantitative estimate of drug-likeness (QED) is 0.263. The van der Waals surface area contributed by atoms with Crippen LogP contribution in [0.15, 0.2) is 36.7 Å². The van der Waals surface area contributed by atoms with E-state index in [0.717, 1.165) is 22.7 Å². The maximum Gasteiger partial charge on any atom is 0.410 e. The molecule has 2 fully saturated rings. The number of hydrogen-bond acceptors (Lipinski definition) is 9. The number of nitrogens with one attached hydrogen (secondary N) is 1. The SMILES string of the molecule is CC(C)(C)OC(=O)N1CCN(C(=O)Nc2ccc(-c3cc4c(N5CCS(=O)(=O)CC5)ncnc4n3COCC[Si](C)(C)C)cc2)CC1. The third-order valence-electron chi connectivity index (χ3n) is 8.18. The third kappa shape index (κ3) is 9.02. The van der Waals surface area contributed by atoms with Crippen LogP contribution in [0.2, 0.25) is 25.7 Å². The monoisotopic (exact) mass is 685 g/mol. The first kappa shape index (κ1) is 34.6. The zero-order valence-corrected chi connectivity index (χ0v) is 30.1. The number of amides is 3. The van der Waals surface area contributed by atoms with Gasteiger partial charge in [0.15, 0.2) is 9.84 Å². The molecule has 3 aromatic rings. The fourth-order valence-electron chi connectivity index (χ4n) is 5.48. The fraction of sp³-hybridized carbons (Fsp3) is 0.562. The first-order chi connectivity index (χ1) is 22.1. The molecule has 0 saturated carbocycles. The van der Waals surface area contributed by atoms with Crippen molar-refractivity contribution >= 4 is 52.6 Å². The molecule has 0 radical (unpaired) electrons. The Morgan fingerprint density at radius 2 is 1.57 bits per heavy atom. The molecular weight excluding hydrogens is 639 g/mol. The molecule has 0 spiro atoms. The van der Waals surface area contributed by atoms with Crippen molar-refractivity contribution in [1.29, 1.82) is 0 Å². The summed E-state index contributed by atoms with van der Waals surface area (Å²) in [6.45, 7) is 15.8. The number of urea groups is 1. The van der Waals surface area contributed by atoms with Crippen molar-refractivity contribution in [1.82, 2.24) is 24.3 Å². The minimum atomic E-state index is -3.04. The largest absolute Gasteiger partial charge is 0.444 e. The number of fused-ring (bicyclic) bond motifs is 1. The van der Waals surface area contributed by atoms with Crippen molar-refractivity contribution in [2.45, 2.75) is 58.8 Å². The summed E-state index contributed by atoms with van der Waals surface area (Å²) >= 11 is 0. The van der Waals surface area contributed by atoms with Gasteiger partial charge < -0.3 is 34.1 Å². The van der Waals surface area contributed by atoms with E-state index >= 15 is 0 Å². The number of aromatic nitrogens is 3. The van der Waals surface area contributed by atoms with Crippen LogP contribution in [0.1, 0.15) is 20.8 Å². The van der Waals surface area contributed by atoms with Gasteiger partial charge in [0.05, 0.1) is 22.6 Å². The van der Waals surface area contributed by atoms with Crippen molar-refractivity contribution in [3.63, 3.8) is 0 Å². The number of piperazine rings is 1. The molecule has 256 valence electrons. The Morgan fingerprint density at radius 1 is 0.936 bits per heavy atom. The van der Waals surface area contributed by atoms with Crippen molar-refractivity contribution in [2.75, 3.05) is 67.6 Å². The molecule has 0 bridgehead atoms. The van der Waals surface area contributed by atoms with Crippen molar-refractivity contribution in [3.8, 4) is 11.3 Å². The molecule has 2 saturated heterocycles. The first-order valence-corrected chi connectivity index (χ1v) is 21.6. The lowest BCUT2D eigenvalue weighted by Crippen LogP contribution is -2.52. The highest BCUT2D eigenvalue weighted by Crippen LogP contribution is 2.33. The van der Waals surface area contributed by atoms with Crippen LogP contribution < -0.4 is 10.2 Å². The normalized spacial score (nSPS) is 17.2. The molecule has 2 aromatic heterocycles. The Balaban J connectivity index is 1.32. The lowest BCUT2D eigenvalue weighted by molar-refractivity contribution is 0.0174. The molecule has 3 amide bonds. The molecule has 4 heterocycles. The lowest BCUT2D eigenvalue weighted by atomic mass is 10.1. The van der Waals surface area contributed by atoms with Gasteiger partial charge in [-0.25, -0.2) is 28.0 Å². The average Bonchev–Trinajstić information content (AvgIpc) is 3.37. The maximum absolute atomic E-state index is 13.0. The zero-order chi connectivity index (χ0) is 34.0. The highest BCUT2D eigenvalue weighted by Gasteiger charge is 2.28.